The quantitative estimate of drug-likeness (QED) is 0.0756. The van der Waals surface area contributed by atoms with Crippen LogP contribution in [0.15, 0.2) is 164 Å². The number of aromatic nitrogens is 1. The number of para-hydroxylation sites is 1. The first-order valence-corrected chi connectivity index (χ1v) is 20.6. The molecule has 8 rings (SSSR count). The summed E-state index contributed by atoms with van der Waals surface area (Å²) in [5.41, 5.74) is 5.37. The van der Waals surface area contributed by atoms with E-state index >= 15 is 4.79 Å². The molecule has 1 aromatic heterocycles. The van der Waals surface area contributed by atoms with Gasteiger partial charge in [0.15, 0.2) is 5.60 Å². The van der Waals surface area contributed by atoms with E-state index in [-0.39, 0.29) is 24.9 Å². The van der Waals surface area contributed by atoms with Crippen LogP contribution in [-0.4, -0.2) is 53.9 Å². The van der Waals surface area contributed by atoms with Gasteiger partial charge in [-0.15, -0.1) is 0 Å². The molecule has 2 amide bonds. The van der Waals surface area contributed by atoms with Crippen molar-refractivity contribution in [2.75, 3.05) is 13.7 Å². The van der Waals surface area contributed by atoms with Crippen LogP contribution >= 0.6 is 0 Å². The predicted molar refractivity (Wildman–Crippen MR) is 238 cm³/mol. The van der Waals surface area contributed by atoms with E-state index in [0.717, 1.165) is 22.3 Å². The van der Waals surface area contributed by atoms with Gasteiger partial charge in [0.1, 0.15) is 18.2 Å². The Morgan fingerprint density at radius 2 is 1.18 bits per heavy atom. The molecule has 0 spiro atoms. The summed E-state index contributed by atoms with van der Waals surface area (Å²) in [6, 6.07) is 47.7. The van der Waals surface area contributed by atoms with Crippen molar-refractivity contribution in [3.05, 3.63) is 203 Å². The third-order valence-corrected chi connectivity index (χ3v) is 11.1. The number of fused-ring (bicyclic) bond motifs is 4. The molecule has 0 bridgehead atoms. The first kappa shape index (κ1) is 41.3. The summed E-state index contributed by atoms with van der Waals surface area (Å²) in [5.74, 6) is -1.25. The molecule has 1 aliphatic rings. The number of carbonyl (C=O) groups excluding carboxylic acids is 4. The van der Waals surface area contributed by atoms with Gasteiger partial charge in [0.25, 0.3) is 5.91 Å². The molecule has 0 fully saturated rings. The maximum Gasteiger partial charge on any atom is 0.419 e. The molecule has 0 saturated carbocycles. The molecule has 7 aromatic rings. The second kappa shape index (κ2) is 17.3. The Morgan fingerprint density at radius 1 is 0.645 bits per heavy atom. The van der Waals surface area contributed by atoms with Crippen LogP contribution in [0, 0.1) is 0 Å². The van der Waals surface area contributed by atoms with Crippen molar-refractivity contribution in [1.82, 2.24) is 15.2 Å². The van der Waals surface area contributed by atoms with Crippen LogP contribution in [0.25, 0.3) is 22.0 Å². The molecule has 2 N–H and O–H groups in total. The van der Waals surface area contributed by atoms with Crippen molar-refractivity contribution < 1.29 is 33.4 Å². The third-order valence-electron chi connectivity index (χ3n) is 11.1. The number of benzene rings is 6. The molecule has 0 saturated heterocycles. The van der Waals surface area contributed by atoms with Gasteiger partial charge in [0, 0.05) is 53.2 Å². The molecule has 1 heterocycles. The number of hydrogen-bond acceptors (Lipinski definition) is 7. The Kier molecular flexibility index (Phi) is 11.5. The number of nitrogens with one attached hydrogen (secondary N) is 2. The van der Waals surface area contributed by atoms with Crippen LogP contribution in [0.5, 0.6) is 0 Å². The third kappa shape index (κ3) is 8.19. The SMILES string of the molecule is CNC(=O)c1ccc(C(OC(=O)[C@H](Cc2cn(C(=O)OC(C)(C)C)c3ccccc23)NC(=O)OCC2c3ccccc3-c3ccccc32)(c2ccccc2)c2ccccc2)cc1. The van der Waals surface area contributed by atoms with E-state index in [0.29, 0.717) is 38.7 Å². The number of hydrogen-bond donors (Lipinski definition) is 2. The highest BCUT2D eigenvalue weighted by atomic mass is 16.6. The minimum Gasteiger partial charge on any atom is -0.449 e. The second-order valence-corrected chi connectivity index (χ2v) is 16.2. The molecular formula is C52H47N3O7. The summed E-state index contributed by atoms with van der Waals surface area (Å²) in [6.45, 7) is 5.40. The number of ether oxygens (including phenoxy) is 3. The van der Waals surface area contributed by atoms with Crippen molar-refractivity contribution in [3.8, 4) is 11.1 Å². The average Bonchev–Trinajstić information content (AvgIpc) is 3.82. The van der Waals surface area contributed by atoms with Crippen molar-refractivity contribution in [1.29, 1.82) is 0 Å². The normalized spacial score (nSPS) is 12.8. The molecule has 0 unspecified atom stereocenters. The average molecular weight is 826 g/mol. The standard InChI is InChI=1S/C52H47N3O7/c1-51(2,3)62-50(59)55-32-35(39-21-15-16-26-46(39)55)31-45(54-49(58)60-33-44-42-24-13-11-22-40(42)41-23-12-14-25-43(41)44)48(57)61-52(36-17-7-5-8-18-36,37-19-9-6-10-20-37)38-29-27-34(28-30-38)47(56)53-4/h5-30,32,44-45H,31,33H2,1-4H3,(H,53,56)(H,54,58)/t45-/m0/s1. The second-order valence-electron chi connectivity index (χ2n) is 16.2. The van der Waals surface area contributed by atoms with Gasteiger partial charge in [-0.1, -0.05) is 140 Å². The van der Waals surface area contributed by atoms with Crippen LogP contribution in [-0.2, 0) is 31.0 Å². The molecule has 0 radical (unpaired) electrons. The fourth-order valence-corrected chi connectivity index (χ4v) is 8.32. The molecule has 1 aliphatic carbocycles. The van der Waals surface area contributed by atoms with Gasteiger partial charge in [0.05, 0.1) is 5.52 Å². The van der Waals surface area contributed by atoms with E-state index in [2.05, 4.69) is 22.8 Å². The zero-order valence-electron chi connectivity index (χ0n) is 35.0. The monoisotopic (exact) mass is 825 g/mol. The summed E-state index contributed by atoms with van der Waals surface area (Å²) in [5, 5.41) is 6.22. The van der Waals surface area contributed by atoms with Gasteiger partial charge >= 0.3 is 18.2 Å². The Labute approximate surface area is 360 Å². The summed E-state index contributed by atoms with van der Waals surface area (Å²) in [6.07, 6.45) is 0.159. The Morgan fingerprint density at radius 3 is 1.76 bits per heavy atom. The van der Waals surface area contributed by atoms with Gasteiger partial charge in [-0.3, -0.25) is 9.36 Å². The van der Waals surface area contributed by atoms with E-state index < -0.39 is 35.4 Å². The van der Waals surface area contributed by atoms with Crippen molar-refractivity contribution in [2.45, 2.75) is 50.4 Å². The lowest BCUT2D eigenvalue weighted by atomic mass is 9.79. The first-order chi connectivity index (χ1) is 30.0. The predicted octanol–water partition coefficient (Wildman–Crippen LogP) is 9.77. The van der Waals surface area contributed by atoms with E-state index in [4.69, 9.17) is 14.2 Å². The molecule has 312 valence electrons. The number of carbonyl (C=O) groups is 4. The molecule has 0 aliphatic heterocycles. The Bertz CT molecular complexity index is 2670. The largest absolute Gasteiger partial charge is 0.449 e. The van der Waals surface area contributed by atoms with Gasteiger partial charge < -0.3 is 24.8 Å². The highest BCUT2D eigenvalue weighted by molar-refractivity contribution is 5.94. The topological polar surface area (TPSA) is 125 Å². The van der Waals surface area contributed by atoms with Gasteiger partial charge in [0.2, 0.25) is 0 Å². The minimum atomic E-state index is -1.55. The highest BCUT2D eigenvalue weighted by Crippen LogP contribution is 2.45. The van der Waals surface area contributed by atoms with Crippen LogP contribution in [0.1, 0.15) is 70.4 Å². The fraction of sp³-hybridized carbons (Fsp3) is 0.192. The molecule has 1 atom stereocenters. The summed E-state index contributed by atoms with van der Waals surface area (Å²) in [4.78, 5) is 55.5. The molecule has 10 nitrogen and oxygen atoms in total. The molecule has 62 heavy (non-hydrogen) atoms. The van der Waals surface area contributed by atoms with Crippen LogP contribution in [0.2, 0.25) is 0 Å². The Hall–Kier alpha value is -7.46. The van der Waals surface area contributed by atoms with Crippen molar-refractivity contribution in [3.63, 3.8) is 0 Å². The zero-order valence-corrected chi connectivity index (χ0v) is 35.0. The molecular weight excluding hydrogens is 779 g/mol. The fourth-order valence-electron chi connectivity index (χ4n) is 8.32. The first-order valence-electron chi connectivity index (χ1n) is 20.6. The van der Waals surface area contributed by atoms with E-state index in [1.165, 1.54) is 4.57 Å². The van der Waals surface area contributed by atoms with Gasteiger partial charge in [-0.05, 0) is 66.8 Å². The smallest absolute Gasteiger partial charge is 0.419 e. The summed E-state index contributed by atoms with van der Waals surface area (Å²) < 4.78 is 20.0. The number of amides is 2. The number of rotatable bonds is 11. The van der Waals surface area contributed by atoms with E-state index in [9.17, 15) is 14.4 Å². The lowest BCUT2D eigenvalue weighted by Gasteiger charge is -2.36. The number of alkyl carbamates (subject to hydrolysis) is 1. The van der Waals surface area contributed by atoms with Gasteiger partial charge in [-0.25, -0.2) is 14.4 Å². The van der Waals surface area contributed by atoms with Crippen LogP contribution in [0.3, 0.4) is 0 Å². The molecule has 6 aromatic carbocycles. The summed E-state index contributed by atoms with van der Waals surface area (Å²) in [7, 11) is 1.56. The van der Waals surface area contributed by atoms with Crippen molar-refractivity contribution >= 4 is 35.0 Å². The van der Waals surface area contributed by atoms with Crippen molar-refractivity contribution in [2.24, 2.45) is 0 Å². The minimum absolute atomic E-state index is 0.0230. The summed E-state index contributed by atoms with van der Waals surface area (Å²) >= 11 is 0. The lowest BCUT2D eigenvalue weighted by molar-refractivity contribution is -0.156. The Balaban J connectivity index is 1.19. The number of esters is 1. The number of nitrogens with zero attached hydrogens (tertiary/aromatic N) is 1. The maximum atomic E-state index is 15.2. The maximum absolute atomic E-state index is 15.2. The van der Waals surface area contributed by atoms with Gasteiger partial charge in [-0.2, -0.15) is 0 Å². The van der Waals surface area contributed by atoms with E-state index in [1.54, 1.807) is 64.3 Å². The zero-order chi connectivity index (χ0) is 43.4. The van der Waals surface area contributed by atoms with Crippen LogP contribution < -0.4 is 10.6 Å². The molecule has 10 heteroatoms. The van der Waals surface area contributed by atoms with Crippen LogP contribution in [0.4, 0.5) is 9.59 Å². The lowest BCUT2D eigenvalue weighted by Crippen LogP contribution is -2.47. The highest BCUT2D eigenvalue weighted by Gasteiger charge is 2.43. The van der Waals surface area contributed by atoms with E-state index in [1.807, 2.05) is 115 Å².